The zero-order valence-electron chi connectivity index (χ0n) is 16.6. The van der Waals surface area contributed by atoms with Crippen molar-refractivity contribution in [2.75, 3.05) is 6.61 Å². The number of hydrogen-bond acceptors (Lipinski definition) is 4. The number of aliphatic hydroxyl groups is 1. The maximum atomic E-state index is 13.8. The minimum Gasteiger partial charge on any atom is -0.394 e. The Labute approximate surface area is 183 Å². The van der Waals surface area contributed by atoms with Crippen LogP contribution in [0.3, 0.4) is 0 Å². The molecule has 160 valence electrons. The molecule has 31 heavy (non-hydrogen) atoms. The summed E-state index contributed by atoms with van der Waals surface area (Å²) in [5, 5.41) is 17.3. The number of rotatable bonds is 6. The molecule has 1 heterocycles. The molecule has 2 N–H and O–H groups in total. The summed E-state index contributed by atoms with van der Waals surface area (Å²) < 4.78 is 14.8. The summed E-state index contributed by atoms with van der Waals surface area (Å²) in [6, 6.07) is 13.2. The molecule has 6 nitrogen and oxygen atoms in total. The van der Waals surface area contributed by atoms with Crippen molar-refractivity contribution in [3.8, 4) is 16.9 Å². The smallest absolute Gasteiger partial charge is 0.284 e. The van der Waals surface area contributed by atoms with Gasteiger partial charge < -0.3 is 10.4 Å². The van der Waals surface area contributed by atoms with Crippen molar-refractivity contribution >= 4 is 17.5 Å². The van der Waals surface area contributed by atoms with Gasteiger partial charge in [-0.25, -0.2) is 4.39 Å². The Morgan fingerprint density at radius 3 is 2.58 bits per heavy atom. The summed E-state index contributed by atoms with van der Waals surface area (Å²) in [6.07, 6.45) is 2.90. The van der Waals surface area contributed by atoms with Crippen molar-refractivity contribution in [1.82, 2.24) is 15.1 Å². The van der Waals surface area contributed by atoms with Gasteiger partial charge in [-0.1, -0.05) is 36.2 Å². The number of nitrogens with zero attached hydrogens (tertiary/aromatic N) is 2. The first kappa shape index (κ1) is 21.2. The molecule has 3 aromatic rings. The van der Waals surface area contributed by atoms with Crippen LogP contribution in [0.25, 0.3) is 16.9 Å². The Kier molecular flexibility index (Phi) is 6.15. The van der Waals surface area contributed by atoms with Gasteiger partial charge in [-0.15, -0.1) is 0 Å². The lowest BCUT2D eigenvalue weighted by Crippen LogP contribution is -2.47. The molecule has 1 aliphatic rings. The van der Waals surface area contributed by atoms with Gasteiger partial charge in [-0.05, 0) is 55.2 Å². The summed E-state index contributed by atoms with van der Waals surface area (Å²) in [5.74, 6) is -0.935. The van der Waals surface area contributed by atoms with Gasteiger partial charge in [-0.3, -0.25) is 9.59 Å². The lowest BCUT2D eigenvalue weighted by atomic mass is 9.80. The SMILES string of the molecule is O=C(N[C@H](CO)C1CCC1)c1cc(-c2ccc(Cl)cc2)nn(-c2cccc(F)c2)c1=O. The highest BCUT2D eigenvalue weighted by atomic mass is 35.5. The third-order valence-corrected chi connectivity index (χ3v) is 5.83. The first-order valence-corrected chi connectivity index (χ1v) is 10.4. The topological polar surface area (TPSA) is 84.2 Å². The lowest BCUT2D eigenvalue weighted by molar-refractivity contribution is 0.0843. The van der Waals surface area contributed by atoms with Crippen LogP contribution in [-0.2, 0) is 0 Å². The van der Waals surface area contributed by atoms with Crippen LogP contribution in [0.2, 0.25) is 5.02 Å². The quantitative estimate of drug-likeness (QED) is 0.612. The standard InChI is InChI=1S/C23H21ClFN3O3/c24-16-9-7-15(8-10-16)20-12-19(22(30)26-21(13-29)14-3-1-4-14)23(31)28(27-20)18-6-2-5-17(25)11-18/h2,5-12,14,21,29H,1,3-4,13H2,(H,26,30)/t21-/m1/s1. The third-order valence-electron chi connectivity index (χ3n) is 5.58. The average Bonchev–Trinajstić information content (AvgIpc) is 2.72. The monoisotopic (exact) mass is 441 g/mol. The molecule has 0 radical (unpaired) electrons. The van der Waals surface area contributed by atoms with Crippen molar-refractivity contribution in [1.29, 1.82) is 0 Å². The molecule has 4 rings (SSSR count). The number of carbonyl (C=O) groups is 1. The highest BCUT2D eigenvalue weighted by Crippen LogP contribution is 2.29. The molecular weight excluding hydrogens is 421 g/mol. The van der Waals surface area contributed by atoms with E-state index in [0.717, 1.165) is 23.9 Å². The maximum absolute atomic E-state index is 13.8. The largest absolute Gasteiger partial charge is 0.394 e. The Morgan fingerprint density at radius 2 is 1.97 bits per heavy atom. The average molecular weight is 442 g/mol. The molecule has 0 spiro atoms. The van der Waals surface area contributed by atoms with Gasteiger partial charge in [-0.2, -0.15) is 9.78 Å². The number of aromatic nitrogens is 2. The summed E-state index contributed by atoms with van der Waals surface area (Å²) >= 11 is 5.97. The minimum atomic E-state index is -0.675. The van der Waals surface area contributed by atoms with Gasteiger partial charge in [0.15, 0.2) is 0 Å². The van der Waals surface area contributed by atoms with E-state index in [1.807, 2.05) is 0 Å². The molecule has 1 aromatic heterocycles. The van der Waals surface area contributed by atoms with E-state index in [2.05, 4.69) is 10.4 Å². The number of benzene rings is 2. The molecule has 1 atom stereocenters. The number of halogens is 2. The van der Waals surface area contributed by atoms with E-state index in [1.165, 1.54) is 30.3 Å². The van der Waals surface area contributed by atoms with Crippen LogP contribution >= 0.6 is 11.6 Å². The summed E-state index contributed by atoms with van der Waals surface area (Å²) in [5.41, 5.74) is 0.386. The Balaban J connectivity index is 1.80. The zero-order valence-corrected chi connectivity index (χ0v) is 17.3. The predicted octanol–water partition coefficient (Wildman–Crippen LogP) is 3.58. The van der Waals surface area contributed by atoms with Gasteiger partial charge in [0, 0.05) is 10.6 Å². The second-order valence-corrected chi connectivity index (χ2v) is 8.04. The highest BCUT2D eigenvalue weighted by molar-refractivity contribution is 6.30. The fraction of sp³-hybridized carbons (Fsp3) is 0.261. The molecule has 0 unspecified atom stereocenters. The molecular formula is C23H21ClFN3O3. The molecule has 1 saturated carbocycles. The molecule has 1 aliphatic carbocycles. The first-order valence-electron chi connectivity index (χ1n) is 10.0. The Bertz CT molecular complexity index is 1160. The van der Waals surface area contributed by atoms with E-state index in [-0.39, 0.29) is 23.8 Å². The molecule has 0 aliphatic heterocycles. The van der Waals surface area contributed by atoms with Crippen LogP contribution in [0.4, 0.5) is 4.39 Å². The minimum absolute atomic E-state index is 0.137. The number of aliphatic hydroxyl groups excluding tert-OH is 1. The van der Waals surface area contributed by atoms with Crippen LogP contribution < -0.4 is 10.9 Å². The summed E-state index contributed by atoms with van der Waals surface area (Å²) in [7, 11) is 0. The van der Waals surface area contributed by atoms with Gasteiger partial charge in [0.05, 0.1) is 24.0 Å². The van der Waals surface area contributed by atoms with Crippen molar-refractivity contribution in [3.05, 3.63) is 81.4 Å². The summed E-state index contributed by atoms with van der Waals surface area (Å²) in [6.45, 7) is -0.205. The number of hydrogen-bond donors (Lipinski definition) is 2. The zero-order chi connectivity index (χ0) is 22.0. The number of nitrogens with one attached hydrogen (secondary N) is 1. The Morgan fingerprint density at radius 1 is 1.23 bits per heavy atom. The molecule has 0 saturated heterocycles. The summed E-state index contributed by atoms with van der Waals surface area (Å²) in [4.78, 5) is 26.1. The molecule has 8 heteroatoms. The highest BCUT2D eigenvalue weighted by Gasteiger charge is 2.29. The molecule has 0 bridgehead atoms. The Hall–Kier alpha value is -3.03. The molecule has 1 amide bonds. The third kappa shape index (κ3) is 4.52. The van der Waals surface area contributed by atoms with E-state index in [4.69, 9.17) is 11.6 Å². The van der Waals surface area contributed by atoms with E-state index in [1.54, 1.807) is 24.3 Å². The van der Waals surface area contributed by atoms with E-state index in [9.17, 15) is 19.1 Å². The van der Waals surface area contributed by atoms with E-state index >= 15 is 0 Å². The van der Waals surface area contributed by atoms with Crippen LogP contribution in [0, 0.1) is 11.7 Å². The van der Waals surface area contributed by atoms with Crippen molar-refractivity contribution in [2.24, 2.45) is 5.92 Å². The van der Waals surface area contributed by atoms with Crippen molar-refractivity contribution in [3.63, 3.8) is 0 Å². The molecule has 1 fully saturated rings. The van der Waals surface area contributed by atoms with Crippen molar-refractivity contribution < 1.29 is 14.3 Å². The van der Waals surface area contributed by atoms with Crippen LogP contribution in [-0.4, -0.2) is 33.4 Å². The number of amides is 1. The van der Waals surface area contributed by atoms with Crippen LogP contribution in [0.1, 0.15) is 29.6 Å². The van der Waals surface area contributed by atoms with Gasteiger partial charge in [0.2, 0.25) is 0 Å². The second kappa shape index (κ2) is 8.99. The van der Waals surface area contributed by atoms with E-state index in [0.29, 0.717) is 16.3 Å². The lowest BCUT2D eigenvalue weighted by Gasteiger charge is -2.33. The van der Waals surface area contributed by atoms with Gasteiger partial charge >= 0.3 is 0 Å². The van der Waals surface area contributed by atoms with E-state index < -0.39 is 23.3 Å². The first-order chi connectivity index (χ1) is 15.0. The number of carbonyl (C=O) groups excluding carboxylic acids is 1. The predicted molar refractivity (Wildman–Crippen MR) is 116 cm³/mol. The normalized spacial score (nSPS) is 14.7. The van der Waals surface area contributed by atoms with Gasteiger partial charge in [0.25, 0.3) is 11.5 Å². The van der Waals surface area contributed by atoms with Gasteiger partial charge in [0.1, 0.15) is 11.4 Å². The van der Waals surface area contributed by atoms with Crippen LogP contribution in [0.15, 0.2) is 59.4 Å². The second-order valence-electron chi connectivity index (χ2n) is 7.60. The fourth-order valence-corrected chi connectivity index (χ4v) is 3.73. The van der Waals surface area contributed by atoms with Crippen molar-refractivity contribution in [2.45, 2.75) is 25.3 Å². The van der Waals surface area contributed by atoms with Crippen LogP contribution in [0.5, 0.6) is 0 Å². The maximum Gasteiger partial charge on any atom is 0.284 e. The fourth-order valence-electron chi connectivity index (χ4n) is 3.60. The molecule has 2 aromatic carbocycles.